The van der Waals surface area contributed by atoms with Crippen LogP contribution < -0.4 is 4.90 Å². The maximum absolute atomic E-state index is 4.40. The molecule has 1 aromatic rings. The lowest BCUT2D eigenvalue weighted by Gasteiger charge is -2.30. The van der Waals surface area contributed by atoms with Crippen molar-refractivity contribution in [2.75, 3.05) is 18.5 Å². The van der Waals surface area contributed by atoms with Gasteiger partial charge in [0.05, 0.1) is 0 Å². The summed E-state index contributed by atoms with van der Waals surface area (Å²) in [7, 11) is 2.11. The number of anilines is 1. The molecule has 0 aromatic carbocycles. The molecule has 3 heteroatoms. The minimum atomic E-state index is 0.850. The number of nitrogens with zero attached hydrogens (tertiary/aromatic N) is 3. The topological polar surface area (TPSA) is 29.0 Å². The Balaban J connectivity index is 1.98. The molecule has 0 N–H and O–H groups in total. The van der Waals surface area contributed by atoms with E-state index >= 15 is 0 Å². The van der Waals surface area contributed by atoms with Crippen molar-refractivity contribution >= 4 is 5.82 Å². The Morgan fingerprint density at radius 2 is 2.29 bits per heavy atom. The quantitative estimate of drug-likeness (QED) is 0.732. The molecule has 2 rings (SSSR count). The van der Waals surface area contributed by atoms with Crippen LogP contribution in [0.4, 0.5) is 5.82 Å². The van der Waals surface area contributed by atoms with E-state index in [1.54, 1.807) is 0 Å². The normalized spacial score (nSPS) is 16.4. The third-order valence-corrected chi connectivity index (χ3v) is 2.91. The molecule has 1 saturated carbocycles. The van der Waals surface area contributed by atoms with Crippen molar-refractivity contribution in [3.63, 3.8) is 0 Å². The first-order chi connectivity index (χ1) is 6.75. The summed E-state index contributed by atoms with van der Waals surface area (Å²) in [6.45, 7) is 3.07. The van der Waals surface area contributed by atoms with Crippen molar-refractivity contribution in [1.82, 2.24) is 9.97 Å². The fraction of sp³-hybridized carbons (Fsp3) is 0.636. The van der Waals surface area contributed by atoms with Crippen LogP contribution in [0.25, 0.3) is 0 Å². The molecule has 1 fully saturated rings. The highest BCUT2D eigenvalue weighted by Crippen LogP contribution is 2.27. The molecular weight excluding hydrogens is 174 g/mol. The second kappa shape index (κ2) is 3.95. The highest BCUT2D eigenvalue weighted by molar-refractivity contribution is 5.36. The summed E-state index contributed by atoms with van der Waals surface area (Å²) >= 11 is 0. The smallest absolute Gasteiger partial charge is 0.131 e. The fourth-order valence-electron chi connectivity index (χ4n) is 1.81. The molecule has 0 amide bonds. The maximum atomic E-state index is 4.40. The van der Waals surface area contributed by atoms with Crippen LogP contribution in [0.15, 0.2) is 12.3 Å². The average molecular weight is 191 g/mol. The molecule has 0 atom stereocenters. The molecule has 1 aliphatic rings. The SMILES string of the molecule is Cc1nccc(N(C)CC2CCC2)n1. The molecule has 0 aliphatic heterocycles. The Hall–Kier alpha value is -1.12. The van der Waals surface area contributed by atoms with E-state index in [2.05, 4.69) is 21.9 Å². The third-order valence-electron chi connectivity index (χ3n) is 2.91. The van der Waals surface area contributed by atoms with Crippen molar-refractivity contribution in [2.24, 2.45) is 5.92 Å². The van der Waals surface area contributed by atoms with E-state index in [4.69, 9.17) is 0 Å². The van der Waals surface area contributed by atoms with Crippen LogP contribution in [0.2, 0.25) is 0 Å². The van der Waals surface area contributed by atoms with Crippen LogP contribution in [0, 0.1) is 12.8 Å². The van der Waals surface area contributed by atoms with Crippen LogP contribution in [0.1, 0.15) is 25.1 Å². The maximum Gasteiger partial charge on any atom is 0.131 e. The first-order valence-corrected chi connectivity index (χ1v) is 5.26. The average Bonchev–Trinajstić information content (AvgIpc) is 2.11. The third kappa shape index (κ3) is 2.03. The monoisotopic (exact) mass is 191 g/mol. The molecule has 14 heavy (non-hydrogen) atoms. The molecule has 0 radical (unpaired) electrons. The largest absolute Gasteiger partial charge is 0.359 e. The van der Waals surface area contributed by atoms with E-state index in [1.807, 2.05) is 19.2 Å². The Labute approximate surface area is 85.2 Å². The summed E-state index contributed by atoms with van der Waals surface area (Å²) in [6, 6.07) is 1.98. The van der Waals surface area contributed by atoms with Crippen LogP contribution in [-0.2, 0) is 0 Å². The zero-order valence-electron chi connectivity index (χ0n) is 8.90. The Morgan fingerprint density at radius 3 is 2.86 bits per heavy atom. The first kappa shape index (κ1) is 9.44. The van der Waals surface area contributed by atoms with Gasteiger partial charge in [0.1, 0.15) is 11.6 Å². The number of hydrogen-bond donors (Lipinski definition) is 0. The summed E-state index contributed by atoms with van der Waals surface area (Å²) in [4.78, 5) is 10.7. The van der Waals surface area contributed by atoms with Gasteiger partial charge in [0, 0.05) is 19.8 Å². The van der Waals surface area contributed by atoms with Crippen LogP contribution in [0.3, 0.4) is 0 Å². The summed E-state index contributed by atoms with van der Waals surface area (Å²) in [6.07, 6.45) is 6.00. The van der Waals surface area contributed by atoms with Crippen LogP contribution >= 0.6 is 0 Å². The van der Waals surface area contributed by atoms with E-state index in [0.29, 0.717) is 0 Å². The summed E-state index contributed by atoms with van der Waals surface area (Å²) in [5.41, 5.74) is 0. The molecule has 0 unspecified atom stereocenters. The number of aryl methyl sites for hydroxylation is 1. The Kier molecular flexibility index (Phi) is 2.66. The van der Waals surface area contributed by atoms with Crippen LogP contribution in [-0.4, -0.2) is 23.6 Å². The predicted octanol–water partition coefficient (Wildman–Crippen LogP) is 2.02. The first-order valence-electron chi connectivity index (χ1n) is 5.26. The zero-order valence-corrected chi connectivity index (χ0v) is 8.90. The molecule has 76 valence electrons. The molecule has 0 bridgehead atoms. The standard InChI is InChI=1S/C11H17N3/c1-9-12-7-6-11(13-9)14(2)8-10-4-3-5-10/h6-7,10H,3-5,8H2,1-2H3. The molecule has 3 nitrogen and oxygen atoms in total. The van der Waals surface area contributed by atoms with Crippen molar-refractivity contribution < 1.29 is 0 Å². The van der Waals surface area contributed by atoms with E-state index in [0.717, 1.165) is 24.1 Å². The van der Waals surface area contributed by atoms with Gasteiger partial charge >= 0.3 is 0 Å². The molecular formula is C11H17N3. The van der Waals surface area contributed by atoms with Gasteiger partial charge in [0.25, 0.3) is 0 Å². The summed E-state index contributed by atoms with van der Waals surface area (Å²) in [5.74, 6) is 2.78. The minimum absolute atomic E-state index is 0.850. The summed E-state index contributed by atoms with van der Waals surface area (Å²) < 4.78 is 0. The van der Waals surface area contributed by atoms with Gasteiger partial charge < -0.3 is 4.90 Å². The van der Waals surface area contributed by atoms with Crippen molar-refractivity contribution in [2.45, 2.75) is 26.2 Å². The molecule has 0 spiro atoms. The second-order valence-electron chi connectivity index (χ2n) is 4.14. The molecule has 0 saturated heterocycles. The predicted molar refractivity (Wildman–Crippen MR) is 57.4 cm³/mol. The Morgan fingerprint density at radius 1 is 1.50 bits per heavy atom. The van der Waals surface area contributed by atoms with Crippen molar-refractivity contribution in [1.29, 1.82) is 0 Å². The van der Waals surface area contributed by atoms with E-state index < -0.39 is 0 Å². The number of rotatable bonds is 3. The lowest BCUT2D eigenvalue weighted by Crippen LogP contribution is -2.29. The van der Waals surface area contributed by atoms with Gasteiger partial charge in [-0.25, -0.2) is 9.97 Å². The van der Waals surface area contributed by atoms with Gasteiger partial charge in [-0.15, -0.1) is 0 Å². The van der Waals surface area contributed by atoms with Gasteiger partial charge in [-0.3, -0.25) is 0 Å². The van der Waals surface area contributed by atoms with Gasteiger partial charge in [0.2, 0.25) is 0 Å². The van der Waals surface area contributed by atoms with Crippen molar-refractivity contribution in [3.8, 4) is 0 Å². The second-order valence-corrected chi connectivity index (χ2v) is 4.14. The minimum Gasteiger partial charge on any atom is -0.359 e. The highest BCUT2D eigenvalue weighted by atomic mass is 15.2. The van der Waals surface area contributed by atoms with Crippen molar-refractivity contribution in [3.05, 3.63) is 18.1 Å². The molecule has 1 heterocycles. The highest BCUT2D eigenvalue weighted by Gasteiger charge is 2.19. The van der Waals surface area contributed by atoms with Gasteiger partial charge in [0.15, 0.2) is 0 Å². The fourth-order valence-corrected chi connectivity index (χ4v) is 1.81. The lowest BCUT2D eigenvalue weighted by molar-refractivity contribution is 0.321. The Bertz CT molecular complexity index is 307. The number of aromatic nitrogens is 2. The van der Waals surface area contributed by atoms with Gasteiger partial charge in [-0.05, 0) is 31.7 Å². The summed E-state index contributed by atoms with van der Waals surface area (Å²) in [5, 5.41) is 0. The van der Waals surface area contributed by atoms with E-state index in [9.17, 15) is 0 Å². The molecule has 1 aliphatic carbocycles. The van der Waals surface area contributed by atoms with Gasteiger partial charge in [-0.1, -0.05) is 6.42 Å². The zero-order chi connectivity index (χ0) is 9.97. The molecule has 1 aromatic heterocycles. The van der Waals surface area contributed by atoms with Crippen LogP contribution in [0.5, 0.6) is 0 Å². The van der Waals surface area contributed by atoms with E-state index in [-0.39, 0.29) is 0 Å². The lowest BCUT2D eigenvalue weighted by atomic mass is 9.85. The van der Waals surface area contributed by atoms with E-state index in [1.165, 1.54) is 19.3 Å². The number of hydrogen-bond acceptors (Lipinski definition) is 3. The van der Waals surface area contributed by atoms with Gasteiger partial charge in [-0.2, -0.15) is 0 Å².